The molecule has 0 fully saturated rings. The van der Waals surface area contributed by atoms with Gasteiger partial charge in [-0.25, -0.2) is 0 Å². The zero-order chi connectivity index (χ0) is 18.2. The number of aromatic amines is 1. The molecular weight excluding hydrogens is 328 g/mol. The smallest absolute Gasteiger partial charge is 0.282 e. The Kier molecular flexibility index (Phi) is 5.72. The molecule has 0 aliphatic rings. The maximum absolute atomic E-state index is 12.2. The van der Waals surface area contributed by atoms with E-state index in [1.165, 1.54) is 5.56 Å². The molecule has 0 saturated heterocycles. The van der Waals surface area contributed by atoms with Crippen molar-refractivity contribution in [3.8, 4) is 0 Å². The number of nitrogen functional groups attached to an aromatic ring is 1. The SMILES string of the molecule is Nc1nc(NCCCc2ccccc2)c(N=Nc2ccccc2)c(=O)[nH]1. The Morgan fingerprint density at radius 1 is 1.00 bits per heavy atom. The molecule has 0 aliphatic carbocycles. The summed E-state index contributed by atoms with van der Waals surface area (Å²) in [6.45, 7) is 0.638. The number of azo groups is 1. The van der Waals surface area contributed by atoms with Crippen LogP contribution < -0.4 is 16.6 Å². The van der Waals surface area contributed by atoms with Crippen LogP contribution in [0.3, 0.4) is 0 Å². The summed E-state index contributed by atoms with van der Waals surface area (Å²) in [6, 6.07) is 19.4. The molecule has 26 heavy (non-hydrogen) atoms. The molecule has 0 unspecified atom stereocenters. The second-order valence-electron chi connectivity index (χ2n) is 5.70. The van der Waals surface area contributed by atoms with E-state index in [-0.39, 0.29) is 11.6 Å². The number of benzene rings is 2. The molecule has 3 rings (SSSR count). The molecule has 132 valence electrons. The van der Waals surface area contributed by atoms with E-state index in [1.54, 1.807) is 12.1 Å². The van der Waals surface area contributed by atoms with E-state index in [1.807, 2.05) is 36.4 Å². The first-order valence-corrected chi connectivity index (χ1v) is 8.37. The van der Waals surface area contributed by atoms with Crippen molar-refractivity contribution in [2.24, 2.45) is 10.2 Å². The van der Waals surface area contributed by atoms with Crippen LogP contribution in [-0.2, 0) is 6.42 Å². The van der Waals surface area contributed by atoms with Gasteiger partial charge in [-0.15, -0.1) is 5.11 Å². The second-order valence-corrected chi connectivity index (χ2v) is 5.70. The standard InChI is InChI=1S/C19H20N6O/c20-19-22-17(21-13-7-10-14-8-3-1-4-9-14)16(18(26)23-19)25-24-15-11-5-2-6-12-15/h1-6,8-9,11-12H,7,10,13H2,(H4,20,21,22,23,26). The highest BCUT2D eigenvalue weighted by Gasteiger charge is 2.10. The summed E-state index contributed by atoms with van der Waals surface area (Å²) in [7, 11) is 0. The summed E-state index contributed by atoms with van der Waals surface area (Å²) >= 11 is 0. The summed E-state index contributed by atoms with van der Waals surface area (Å²) in [5, 5.41) is 11.3. The van der Waals surface area contributed by atoms with Crippen molar-refractivity contribution in [3.05, 3.63) is 76.6 Å². The summed E-state index contributed by atoms with van der Waals surface area (Å²) in [5.74, 6) is 0.373. The number of rotatable bonds is 7. The third kappa shape index (κ3) is 4.76. The van der Waals surface area contributed by atoms with E-state index in [9.17, 15) is 4.79 Å². The highest BCUT2D eigenvalue weighted by molar-refractivity contribution is 5.60. The first-order valence-electron chi connectivity index (χ1n) is 8.37. The van der Waals surface area contributed by atoms with Gasteiger partial charge in [0.2, 0.25) is 5.95 Å². The van der Waals surface area contributed by atoms with Crippen LogP contribution >= 0.6 is 0 Å². The molecule has 0 radical (unpaired) electrons. The van der Waals surface area contributed by atoms with Crippen molar-refractivity contribution in [2.75, 3.05) is 17.6 Å². The number of H-pyrrole nitrogens is 1. The van der Waals surface area contributed by atoms with Crippen molar-refractivity contribution in [2.45, 2.75) is 12.8 Å². The Hall–Kier alpha value is -3.48. The molecule has 7 heteroatoms. The first-order chi connectivity index (χ1) is 12.7. The van der Waals surface area contributed by atoms with Gasteiger partial charge in [0, 0.05) is 6.54 Å². The van der Waals surface area contributed by atoms with E-state index in [2.05, 4.69) is 37.6 Å². The lowest BCUT2D eigenvalue weighted by atomic mass is 10.1. The minimum Gasteiger partial charge on any atom is -0.369 e. The number of nitrogens with two attached hydrogens (primary N) is 1. The highest BCUT2D eigenvalue weighted by atomic mass is 16.1. The molecule has 2 aromatic carbocycles. The molecule has 0 saturated carbocycles. The average Bonchev–Trinajstić information content (AvgIpc) is 2.66. The molecule has 3 aromatic rings. The third-order valence-corrected chi connectivity index (χ3v) is 3.71. The predicted molar refractivity (Wildman–Crippen MR) is 103 cm³/mol. The van der Waals surface area contributed by atoms with Crippen LogP contribution in [0.25, 0.3) is 0 Å². The van der Waals surface area contributed by atoms with Gasteiger partial charge in [0.15, 0.2) is 11.5 Å². The Morgan fingerprint density at radius 2 is 1.69 bits per heavy atom. The van der Waals surface area contributed by atoms with Crippen molar-refractivity contribution < 1.29 is 0 Å². The van der Waals surface area contributed by atoms with Crippen molar-refractivity contribution in [3.63, 3.8) is 0 Å². The number of nitrogens with zero attached hydrogens (tertiary/aromatic N) is 3. The summed E-state index contributed by atoms with van der Waals surface area (Å²) < 4.78 is 0. The molecule has 4 N–H and O–H groups in total. The Bertz CT molecular complexity index is 922. The van der Waals surface area contributed by atoms with E-state index in [4.69, 9.17) is 5.73 Å². The van der Waals surface area contributed by atoms with Crippen molar-refractivity contribution in [1.82, 2.24) is 9.97 Å². The Morgan fingerprint density at radius 3 is 2.42 bits per heavy atom. The number of nitrogens with one attached hydrogen (secondary N) is 2. The van der Waals surface area contributed by atoms with Crippen LogP contribution in [0.15, 0.2) is 75.7 Å². The van der Waals surface area contributed by atoms with E-state index in [0.717, 1.165) is 12.8 Å². The van der Waals surface area contributed by atoms with Gasteiger partial charge in [-0.2, -0.15) is 10.1 Å². The maximum Gasteiger partial charge on any atom is 0.282 e. The fourth-order valence-corrected chi connectivity index (χ4v) is 2.45. The zero-order valence-electron chi connectivity index (χ0n) is 14.2. The van der Waals surface area contributed by atoms with Gasteiger partial charge in [0.1, 0.15) is 0 Å². The van der Waals surface area contributed by atoms with Crippen LogP contribution in [0.5, 0.6) is 0 Å². The number of hydrogen-bond donors (Lipinski definition) is 3. The van der Waals surface area contributed by atoms with E-state index >= 15 is 0 Å². The zero-order valence-corrected chi connectivity index (χ0v) is 14.2. The predicted octanol–water partition coefficient (Wildman–Crippen LogP) is 3.81. The number of aryl methyl sites for hydroxylation is 1. The summed E-state index contributed by atoms with van der Waals surface area (Å²) in [5.41, 5.74) is 7.25. The second kappa shape index (κ2) is 8.57. The van der Waals surface area contributed by atoms with Gasteiger partial charge in [-0.1, -0.05) is 48.5 Å². The average molecular weight is 348 g/mol. The fourth-order valence-electron chi connectivity index (χ4n) is 2.45. The highest BCUT2D eigenvalue weighted by Crippen LogP contribution is 2.21. The minimum atomic E-state index is -0.428. The normalized spacial score (nSPS) is 10.9. The van der Waals surface area contributed by atoms with Crippen LogP contribution in [0.1, 0.15) is 12.0 Å². The van der Waals surface area contributed by atoms with Crippen LogP contribution in [-0.4, -0.2) is 16.5 Å². The monoisotopic (exact) mass is 348 g/mol. The van der Waals surface area contributed by atoms with E-state index in [0.29, 0.717) is 18.1 Å². The van der Waals surface area contributed by atoms with Gasteiger partial charge in [0.05, 0.1) is 5.69 Å². The van der Waals surface area contributed by atoms with Gasteiger partial charge in [-0.3, -0.25) is 9.78 Å². The number of anilines is 2. The molecule has 1 heterocycles. The van der Waals surface area contributed by atoms with Crippen LogP contribution in [0.4, 0.5) is 23.1 Å². The number of aromatic nitrogens is 2. The molecule has 0 spiro atoms. The molecule has 0 aliphatic heterocycles. The Balaban J connectivity index is 1.69. The topological polar surface area (TPSA) is 109 Å². The lowest BCUT2D eigenvalue weighted by molar-refractivity contribution is 0.857. The molecule has 7 nitrogen and oxygen atoms in total. The summed E-state index contributed by atoms with van der Waals surface area (Å²) in [4.78, 5) is 18.8. The quantitative estimate of drug-likeness (QED) is 0.445. The van der Waals surface area contributed by atoms with Crippen LogP contribution in [0.2, 0.25) is 0 Å². The molecule has 0 amide bonds. The summed E-state index contributed by atoms with van der Waals surface area (Å²) in [6.07, 6.45) is 1.81. The van der Waals surface area contributed by atoms with Crippen molar-refractivity contribution >= 4 is 23.1 Å². The Labute approximate surface area is 151 Å². The molecule has 0 bridgehead atoms. The lowest BCUT2D eigenvalue weighted by Crippen LogP contribution is -2.15. The third-order valence-electron chi connectivity index (χ3n) is 3.71. The molecule has 0 atom stereocenters. The maximum atomic E-state index is 12.2. The van der Waals surface area contributed by atoms with Gasteiger partial charge in [0.25, 0.3) is 5.56 Å². The van der Waals surface area contributed by atoms with Gasteiger partial charge < -0.3 is 11.1 Å². The number of hydrogen-bond acceptors (Lipinski definition) is 6. The van der Waals surface area contributed by atoms with Gasteiger partial charge >= 0.3 is 0 Å². The lowest BCUT2D eigenvalue weighted by Gasteiger charge is -2.08. The molecule has 1 aromatic heterocycles. The molecular formula is C19H20N6O. The van der Waals surface area contributed by atoms with E-state index < -0.39 is 5.56 Å². The minimum absolute atomic E-state index is 0.0409. The van der Waals surface area contributed by atoms with Gasteiger partial charge in [-0.05, 0) is 30.5 Å². The van der Waals surface area contributed by atoms with Crippen molar-refractivity contribution in [1.29, 1.82) is 0 Å². The van der Waals surface area contributed by atoms with Crippen LogP contribution in [0, 0.1) is 0 Å². The largest absolute Gasteiger partial charge is 0.369 e. The first kappa shape index (κ1) is 17.3. The fraction of sp³-hybridized carbons (Fsp3) is 0.158.